The Morgan fingerprint density at radius 3 is 2.00 bits per heavy atom. The molecule has 0 aliphatic heterocycles. The minimum atomic E-state index is -4.06. The first-order valence-corrected chi connectivity index (χ1v) is 8.00. The van der Waals surface area contributed by atoms with Gasteiger partial charge in [-0.15, -0.1) is 0 Å². The molecule has 0 fully saturated rings. The molecule has 0 spiro atoms. The summed E-state index contributed by atoms with van der Waals surface area (Å²) in [5.41, 5.74) is -1.41. The lowest BCUT2D eigenvalue weighted by Crippen LogP contribution is -2.19. The lowest BCUT2D eigenvalue weighted by atomic mass is 10.1. The Kier molecular flexibility index (Phi) is 5.09. The summed E-state index contributed by atoms with van der Waals surface area (Å²) in [6, 6.07) is 4.57. The van der Waals surface area contributed by atoms with Gasteiger partial charge in [-0.25, -0.2) is 35.5 Å². The van der Waals surface area contributed by atoms with Crippen LogP contribution in [0.2, 0.25) is 0 Å². The normalized spacial score (nSPS) is 11.4. The maximum atomic E-state index is 13.5. The van der Waals surface area contributed by atoms with Gasteiger partial charge in [0.1, 0.15) is 0 Å². The second-order valence-corrected chi connectivity index (χ2v) is 6.41. The lowest BCUT2D eigenvalue weighted by Gasteiger charge is -2.09. The molecule has 0 aliphatic carbocycles. The number of nitrogens with two attached hydrogens (primary N) is 1. The van der Waals surface area contributed by atoms with Gasteiger partial charge in [0.2, 0.25) is 21.7 Å². The van der Waals surface area contributed by atoms with Crippen molar-refractivity contribution >= 4 is 21.6 Å². The summed E-state index contributed by atoms with van der Waals surface area (Å²) in [5.74, 6) is -12.0. The average Bonchev–Trinajstić information content (AvgIpc) is 2.54. The Balaban J connectivity index is 2.28. The number of benzene rings is 2. The van der Waals surface area contributed by atoms with Gasteiger partial charge in [0.15, 0.2) is 23.3 Å². The molecule has 2 rings (SSSR count). The third kappa shape index (κ3) is 3.94. The van der Waals surface area contributed by atoms with Crippen molar-refractivity contribution < 1.29 is 35.2 Å². The molecule has 2 aromatic rings. The van der Waals surface area contributed by atoms with Crippen molar-refractivity contribution in [2.24, 2.45) is 5.14 Å². The van der Waals surface area contributed by atoms with Crippen LogP contribution in [-0.2, 0) is 21.2 Å². The number of anilines is 1. The van der Waals surface area contributed by atoms with Gasteiger partial charge >= 0.3 is 0 Å². The molecular formula is C14H9F5N2O3S. The van der Waals surface area contributed by atoms with E-state index in [0.717, 1.165) is 12.1 Å². The number of amides is 1. The third-order valence-electron chi connectivity index (χ3n) is 3.08. The number of primary sulfonamides is 1. The van der Waals surface area contributed by atoms with Crippen molar-refractivity contribution in [1.29, 1.82) is 0 Å². The summed E-state index contributed by atoms with van der Waals surface area (Å²) in [5, 5.41) is 6.99. The zero-order valence-electron chi connectivity index (χ0n) is 12.1. The highest BCUT2D eigenvalue weighted by Crippen LogP contribution is 2.24. The van der Waals surface area contributed by atoms with Gasteiger partial charge in [-0.2, -0.15) is 0 Å². The Labute approximate surface area is 138 Å². The van der Waals surface area contributed by atoms with Gasteiger partial charge in [-0.3, -0.25) is 4.79 Å². The van der Waals surface area contributed by atoms with E-state index in [9.17, 15) is 35.2 Å². The van der Waals surface area contributed by atoms with Crippen molar-refractivity contribution in [3.05, 3.63) is 58.9 Å². The highest BCUT2D eigenvalue weighted by Gasteiger charge is 2.26. The summed E-state index contributed by atoms with van der Waals surface area (Å²) in [7, 11) is -4.06. The van der Waals surface area contributed by atoms with Crippen LogP contribution >= 0.6 is 0 Å². The fourth-order valence-corrected chi connectivity index (χ4v) is 2.48. The summed E-state index contributed by atoms with van der Waals surface area (Å²) in [4.78, 5) is 11.4. The van der Waals surface area contributed by atoms with E-state index < -0.39 is 57.0 Å². The molecule has 0 saturated heterocycles. The first-order valence-electron chi connectivity index (χ1n) is 6.45. The number of carbonyl (C=O) groups excluding carboxylic acids is 1. The van der Waals surface area contributed by atoms with Crippen LogP contribution in [0.3, 0.4) is 0 Å². The Morgan fingerprint density at radius 2 is 1.48 bits per heavy atom. The third-order valence-corrected chi connectivity index (χ3v) is 4.00. The number of carbonyl (C=O) groups is 1. The van der Waals surface area contributed by atoms with Gasteiger partial charge in [-0.1, -0.05) is 6.07 Å². The van der Waals surface area contributed by atoms with Crippen molar-refractivity contribution in [2.45, 2.75) is 11.3 Å². The second-order valence-electron chi connectivity index (χ2n) is 4.85. The van der Waals surface area contributed by atoms with Crippen molar-refractivity contribution in [3.8, 4) is 0 Å². The molecule has 0 atom stereocenters. The lowest BCUT2D eigenvalue weighted by molar-refractivity contribution is -0.115. The van der Waals surface area contributed by atoms with Crippen molar-refractivity contribution in [2.75, 3.05) is 5.32 Å². The zero-order valence-corrected chi connectivity index (χ0v) is 12.9. The van der Waals surface area contributed by atoms with Crippen molar-refractivity contribution in [3.63, 3.8) is 0 Å². The summed E-state index contributed by atoms with van der Waals surface area (Å²) < 4.78 is 88.6. The van der Waals surface area contributed by atoms with Crippen LogP contribution in [0.5, 0.6) is 0 Å². The van der Waals surface area contributed by atoms with Gasteiger partial charge in [-0.05, 0) is 18.2 Å². The molecule has 0 aliphatic rings. The van der Waals surface area contributed by atoms with E-state index in [1.807, 2.05) is 0 Å². The Hall–Kier alpha value is -2.53. The minimum absolute atomic E-state index is 0.0969. The van der Waals surface area contributed by atoms with E-state index in [2.05, 4.69) is 5.32 Å². The summed E-state index contributed by atoms with van der Waals surface area (Å²) in [6.07, 6.45) is -1.16. The first-order chi connectivity index (χ1) is 11.5. The molecule has 134 valence electrons. The smallest absolute Gasteiger partial charge is 0.238 e. The highest BCUT2D eigenvalue weighted by molar-refractivity contribution is 7.89. The molecule has 5 nitrogen and oxygen atoms in total. The maximum absolute atomic E-state index is 13.5. The molecule has 0 heterocycles. The number of rotatable bonds is 4. The maximum Gasteiger partial charge on any atom is 0.238 e. The van der Waals surface area contributed by atoms with E-state index in [1.54, 1.807) is 0 Å². The minimum Gasteiger partial charge on any atom is -0.326 e. The van der Waals surface area contributed by atoms with Crippen LogP contribution in [-0.4, -0.2) is 14.3 Å². The molecule has 1 amide bonds. The van der Waals surface area contributed by atoms with Crippen LogP contribution in [0.25, 0.3) is 0 Å². The number of halogens is 5. The fraction of sp³-hybridized carbons (Fsp3) is 0.0714. The van der Waals surface area contributed by atoms with Gasteiger partial charge < -0.3 is 5.32 Å². The molecule has 11 heteroatoms. The first kappa shape index (κ1) is 18.8. The summed E-state index contributed by atoms with van der Waals surface area (Å²) >= 11 is 0. The predicted octanol–water partition coefficient (Wildman–Crippen LogP) is 2.21. The van der Waals surface area contributed by atoms with E-state index in [1.165, 1.54) is 12.1 Å². The summed E-state index contributed by atoms with van der Waals surface area (Å²) in [6.45, 7) is 0. The van der Waals surface area contributed by atoms with Crippen LogP contribution < -0.4 is 10.5 Å². The van der Waals surface area contributed by atoms with Crippen molar-refractivity contribution in [1.82, 2.24) is 0 Å². The van der Waals surface area contributed by atoms with Gasteiger partial charge in [0.25, 0.3) is 0 Å². The van der Waals surface area contributed by atoms with Gasteiger partial charge in [0.05, 0.1) is 11.3 Å². The molecule has 0 saturated carbocycles. The molecule has 0 unspecified atom stereocenters. The molecule has 0 aromatic heterocycles. The van der Waals surface area contributed by atoms with Crippen LogP contribution in [0, 0.1) is 29.1 Å². The average molecular weight is 380 g/mol. The number of sulfonamides is 1. The standard InChI is InChI=1S/C14H9F5N2O3S/c15-10-8(11(16)13(18)14(19)12(10)17)5-9(22)21-6-2-1-3-7(4-6)25(20,23)24/h1-4H,5H2,(H,21,22)(H2,20,23,24). The molecule has 3 N–H and O–H groups in total. The topological polar surface area (TPSA) is 89.3 Å². The molecule has 0 bridgehead atoms. The largest absolute Gasteiger partial charge is 0.326 e. The molecular weight excluding hydrogens is 371 g/mol. The molecule has 2 aromatic carbocycles. The second kappa shape index (κ2) is 6.76. The van der Waals surface area contributed by atoms with Crippen LogP contribution in [0.15, 0.2) is 29.2 Å². The monoisotopic (exact) mass is 380 g/mol. The zero-order chi connectivity index (χ0) is 18.9. The number of hydrogen-bond acceptors (Lipinski definition) is 3. The number of hydrogen-bond donors (Lipinski definition) is 2. The molecule has 25 heavy (non-hydrogen) atoms. The molecule has 0 radical (unpaired) electrons. The van der Waals surface area contributed by atoms with E-state index in [-0.39, 0.29) is 10.6 Å². The fourth-order valence-electron chi connectivity index (χ4n) is 1.92. The highest BCUT2D eigenvalue weighted by atomic mass is 32.2. The number of nitrogens with one attached hydrogen (secondary N) is 1. The Morgan fingerprint density at radius 1 is 0.960 bits per heavy atom. The SMILES string of the molecule is NS(=O)(=O)c1cccc(NC(=O)Cc2c(F)c(F)c(F)c(F)c2F)c1. The predicted molar refractivity (Wildman–Crippen MR) is 76.4 cm³/mol. The van der Waals surface area contributed by atoms with E-state index in [4.69, 9.17) is 5.14 Å². The van der Waals surface area contributed by atoms with E-state index in [0.29, 0.717) is 0 Å². The van der Waals surface area contributed by atoms with Gasteiger partial charge in [0, 0.05) is 11.3 Å². The van der Waals surface area contributed by atoms with Crippen LogP contribution in [0.4, 0.5) is 27.6 Å². The quantitative estimate of drug-likeness (QED) is 0.484. The Bertz CT molecular complexity index is 934. The van der Waals surface area contributed by atoms with Crippen LogP contribution in [0.1, 0.15) is 5.56 Å². The van der Waals surface area contributed by atoms with E-state index >= 15 is 0 Å².